The van der Waals surface area contributed by atoms with Gasteiger partial charge in [0.2, 0.25) is 5.91 Å². The molecule has 0 bridgehead atoms. The number of hydrogen-bond acceptors (Lipinski definition) is 1. The van der Waals surface area contributed by atoms with Crippen molar-refractivity contribution in [3.05, 3.63) is 0 Å². The topological polar surface area (TPSA) is 29.1 Å². The zero-order valence-electron chi connectivity index (χ0n) is 11.2. The van der Waals surface area contributed by atoms with Crippen LogP contribution >= 0.6 is 15.9 Å². The molecule has 0 aliphatic heterocycles. The number of rotatable bonds is 7. The van der Waals surface area contributed by atoms with Gasteiger partial charge in [0.25, 0.3) is 0 Å². The van der Waals surface area contributed by atoms with Crippen molar-refractivity contribution in [1.82, 2.24) is 5.32 Å². The van der Waals surface area contributed by atoms with Crippen molar-refractivity contribution in [2.75, 3.05) is 11.9 Å². The maximum absolute atomic E-state index is 12.0. The van der Waals surface area contributed by atoms with Crippen LogP contribution in [0.4, 0.5) is 0 Å². The van der Waals surface area contributed by atoms with E-state index in [0.29, 0.717) is 0 Å². The van der Waals surface area contributed by atoms with E-state index in [1.165, 1.54) is 32.1 Å². The molecule has 1 saturated carbocycles. The van der Waals surface area contributed by atoms with Crippen LogP contribution in [0.25, 0.3) is 0 Å². The second kappa shape index (κ2) is 7.40. The molecule has 100 valence electrons. The van der Waals surface area contributed by atoms with E-state index in [1.54, 1.807) is 0 Å². The normalized spacial score (nSPS) is 22.6. The Hall–Kier alpha value is -0.0500. The van der Waals surface area contributed by atoms with Crippen molar-refractivity contribution in [2.24, 2.45) is 11.3 Å². The van der Waals surface area contributed by atoms with Crippen LogP contribution in [0.1, 0.15) is 58.8 Å². The maximum Gasteiger partial charge on any atom is 0.223 e. The molecule has 0 radical (unpaired) electrons. The Kier molecular flexibility index (Phi) is 6.53. The van der Waals surface area contributed by atoms with Crippen LogP contribution in [-0.4, -0.2) is 17.8 Å². The molecule has 1 aliphatic carbocycles. The van der Waals surface area contributed by atoms with Crippen LogP contribution in [0.3, 0.4) is 0 Å². The Morgan fingerprint density at radius 2 is 2.00 bits per heavy atom. The molecule has 3 heteroatoms. The van der Waals surface area contributed by atoms with Gasteiger partial charge in [0, 0.05) is 17.8 Å². The van der Waals surface area contributed by atoms with Crippen LogP contribution in [0.2, 0.25) is 0 Å². The number of carbonyl (C=O) groups excluding carboxylic acids is 1. The lowest BCUT2D eigenvalue weighted by Crippen LogP contribution is -2.36. The molecule has 1 fully saturated rings. The molecule has 0 spiro atoms. The number of amides is 1. The highest BCUT2D eigenvalue weighted by Crippen LogP contribution is 2.42. The largest absolute Gasteiger partial charge is 0.356 e. The van der Waals surface area contributed by atoms with Crippen molar-refractivity contribution in [3.63, 3.8) is 0 Å². The fourth-order valence-corrected chi connectivity index (χ4v) is 3.12. The molecule has 1 atom stereocenters. The molecule has 0 aromatic carbocycles. The van der Waals surface area contributed by atoms with Gasteiger partial charge in [-0.2, -0.15) is 0 Å². The first-order valence-corrected chi connectivity index (χ1v) is 8.04. The zero-order valence-corrected chi connectivity index (χ0v) is 12.8. The molecular weight excluding hydrogens is 278 g/mol. The van der Waals surface area contributed by atoms with E-state index in [2.05, 4.69) is 35.1 Å². The molecular formula is C14H26BrNO. The van der Waals surface area contributed by atoms with E-state index in [0.717, 1.165) is 24.7 Å². The predicted octanol–water partition coefficient (Wildman–Crippen LogP) is 3.88. The minimum absolute atomic E-state index is 0.208. The molecule has 2 nitrogen and oxygen atoms in total. The minimum atomic E-state index is 0.208. The lowest BCUT2D eigenvalue weighted by Gasteiger charge is -2.25. The van der Waals surface area contributed by atoms with Crippen LogP contribution in [-0.2, 0) is 4.79 Å². The first-order valence-electron chi connectivity index (χ1n) is 6.91. The average Bonchev–Trinajstić information content (AvgIpc) is 2.63. The lowest BCUT2D eigenvalue weighted by molar-refractivity contribution is -0.127. The molecule has 0 aromatic rings. The summed E-state index contributed by atoms with van der Waals surface area (Å²) < 4.78 is 0. The van der Waals surface area contributed by atoms with Gasteiger partial charge in [-0.1, -0.05) is 49.0 Å². The quantitative estimate of drug-likeness (QED) is 0.561. The summed E-state index contributed by atoms with van der Waals surface area (Å²) in [6.45, 7) is 5.30. The number of hydrogen-bond donors (Lipinski definition) is 1. The Morgan fingerprint density at radius 1 is 1.29 bits per heavy atom. The van der Waals surface area contributed by atoms with E-state index in [4.69, 9.17) is 0 Å². The van der Waals surface area contributed by atoms with Gasteiger partial charge < -0.3 is 5.32 Å². The van der Waals surface area contributed by atoms with Crippen LogP contribution in [0, 0.1) is 11.3 Å². The Labute approximate surface area is 114 Å². The Morgan fingerprint density at radius 3 is 2.59 bits per heavy atom. The number of halogens is 1. The van der Waals surface area contributed by atoms with E-state index >= 15 is 0 Å². The van der Waals surface area contributed by atoms with Crippen LogP contribution < -0.4 is 5.32 Å². The van der Waals surface area contributed by atoms with Crippen LogP contribution in [0.5, 0.6) is 0 Å². The molecule has 17 heavy (non-hydrogen) atoms. The van der Waals surface area contributed by atoms with Gasteiger partial charge in [-0.3, -0.25) is 4.79 Å². The molecule has 1 amide bonds. The summed E-state index contributed by atoms with van der Waals surface area (Å²) in [4.78, 5) is 12.0. The summed E-state index contributed by atoms with van der Waals surface area (Å²) in [6, 6.07) is 0. The van der Waals surface area contributed by atoms with Gasteiger partial charge in [0.1, 0.15) is 0 Å². The van der Waals surface area contributed by atoms with Gasteiger partial charge >= 0.3 is 0 Å². The second-order valence-electron chi connectivity index (χ2n) is 5.83. The van der Waals surface area contributed by atoms with Gasteiger partial charge in [-0.05, 0) is 31.1 Å². The molecule has 0 saturated heterocycles. The molecule has 1 rings (SSSR count). The standard InChI is InChI=1S/C14H26BrNO/c1-14(2)9-7-8-12(14)13(17)16-11-6-4-3-5-10-15/h12H,3-11H2,1-2H3,(H,16,17). The monoisotopic (exact) mass is 303 g/mol. The van der Waals surface area contributed by atoms with Gasteiger partial charge in [-0.25, -0.2) is 0 Å². The smallest absolute Gasteiger partial charge is 0.223 e. The van der Waals surface area contributed by atoms with Crippen molar-refractivity contribution < 1.29 is 4.79 Å². The fourth-order valence-electron chi connectivity index (χ4n) is 2.72. The summed E-state index contributed by atoms with van der Waals surface area (Å²) in [7, 11) is 0. The van der Waals surface area contributed by atoms with Crippen molar-refractivity contribution in [2.45, 2.75) is 58.8 Å². The molecule has 1 aliphatic rings. The highest BCUT2D eigenvalue weighted by atomic mass is 79.9. The van der Waals surface area contributed by atoms with Gasteiger partial charge in [0.15, 0.2) is 0 Å². The van der Waals surface area contributed by atoms with Crippen molar-refractivity contribution >= 4 is 21.8 Å². The highest BCUT2D eigenvalue weighted by Gasteiger charge is 2.38. The van der Waals surface area contributed by atoms with Crippen LogP contribution in [0.15, 0.2) is 0 Å². The summed E-state index contributed by atoms with van der Waals surface area (Å²) in [5.74, 6) is 0.526. The number of unbranched alkanes of at least 4 members (excludes halogenated alkanes) is 3. The first kappa shape index (κ1) is 15.0. The summed E-state index contributed by atoms with van der Waals surface area (Å²) in [6.07, 6.45) is 8.31. The molecule has 0 aromatic heterocycles. The van der Waals surface area contributed by atoms with E-state index in [9.17, 15) is 4.79 Å². The molecule has 0 heterocycles. The van der Waals surface area contributed by atoms with Crippen molar-refractivity contribution in [3.8, 4) is 0 Å². The van der Waals surface area contributed by atoms with E-state index in [1.807, 2.05) is 0 Å². The molecule has 1 N–H and O–H groups in total. The van der Waals surface area contributed by atoms with Gasteiger partial charge in [0.05, 0.1) is 0 Å². The predicted molar refractivity (Wildman–Crippen MR) is 76.4 cm³/mol. The Bertz CT molecular complexity index is 240. The number of carbonyl (C=O) groups is 1. The summed E-state index contributed by atoms with van der Waals surface area (Å²) in [5.41, 5.74) is 0.208. The minimum Gasteiger partial charge on any atom is -0.356 e. The van der Waals surface area contributed by atoms with Gasteiger partial charge in [-0.15, -0.1) is 0 Å². The summed E-state index contributed by atoms with van der Waals surface area (Å²) in [5, 5.41) is 4.20. The second-order valence-corrected chi connectivity index (χ2v) is 6.62. The lowest BCUT2D eigenvalue weighted by atomic mass is 9.81. The summed E-state index contributed by atoms with van der Waals surface area (Å²) >= 11 is 3.43. The Balaban J connectivity index is 2.13. The first-order chi connectivity index (χ1) is 8.08. The number of alkyl halides is 1. The fraction of sp³-hybridized carbons (Fsp3) is 0.929. The molecule has 1 unspecified atom stereocenters. The van der Waals surface area contributed by atoms with Crippen molar-refractivity contribution in [1.29, 1.82) is 0 Å². The number of nitrogens with one attached hydrogen (secondary N) is 1. The SMILES string of the molecule is CC1(C)CCCC1C(=O)NCCCCCCBr. The third-order valence-electron chi connectivity index (χ3n) is 3.93. The van der Waals surface area contributed by atoms with E-state index < -0.39 is 0 Å². The highest BCUT2D eigenvalue weighted by molar-refractivity contribution is 9.09. The third-order valence-corrected chi connectivity index (χ3v) is 4.49. The average molecular weight is 304 g/mol. The van der Waals surface area contributed by atoms with E-state index in [-0.39, 0.29) is 17.2 Å². The maximum atomic E-state index is 12.0. The third kappa shape index (κ3) is 4.99. The zero-order chi connectivity index (χ0) is 12.7.